The average Bonchev–Trinajstić information content (AvgIpc) is 2.56. The molecule has 0 saturated carbocycles. The number of hydrogen-bond acceptors (Lipinski definition) is 2. The Kier molecular flexibility index (Phi) is 6.76. The highest BCUT2D eigenvalue weighted by Gasteiger charge is 2.20. The molecule has 1 amide bonds. The van der Waals surface area contributed by atoms with E-state index in [0.717, 1.165) is 11.3 Å². The zero-order valence-corrected chi connectivity index (χ0v) is 16.2. The predicted octanol–water partition coefficient (Wildman–Crippen LogP) is 5.70. The fraction of sp³-hybridized carbons (Fsp3) is 0.350. The van der Waals surface area contributed by atoms with Crippen LogP contribution >= 0.6 is 23.4 Å². The number of benzene rings is 2. The minimum atomic E-state index is -0.112. The second-order valence-electron chi connectivity index (χ2n) is 6.06. The van der Waals surface area contributed by atoms with E-state index in [9.17, 15) is 4.79 Å². The summed E-state index contributed by atoms with van der Waals surface area (Å²) in [6, 6.07) is 14.0. The average molecular weight is 362 g/mol. The largest absolute Gasteiger partial charge is 0.349 e. The maximum absolute atomic E-state index is 12.7. The number of thioether (sulfide) groups is 1. The SMILES string of the molecule is CC[C@H](Sc1ccc(Cl)cc1)C(=O)N[C@H](C)c1cc(C)ccc1C. The van der Waals surface area contributed by atoms with Crippen LogP contribution in [0.3, 0.4) is 0 Å². The van der Waals surface area contributed by atoms with E-state index in [-0.39, 0.29) is 17.2 Å². The van der Waals surface area contributed by atoms with Crippen LogP contribution in [0.5, 0.6) is 0 Å². The summed E-state index contributed by atoms with van der Waals surface area (Å²) in [5.74, 6) is 0.0749. The minimum Gasteiger partial charge on any atom is -0.349 e. The normalized spacial score (nSPS) is 13.4. The molecular formula is C20H24ClNOS. The van der Waals surface area contributed by atoms with E-state index in [0.29, 0.717) is 5.02 Å². The van der Waals surface area contributed by atoms with Gasteiger partial charge in [0.2, 0.25) is 5.91 Å². The Morgan fingerprint density at radius 3 is 2.46 bits per heavy atom. The van der Waals surface area contributed by atoms with Crippen molar-refractivity contribution in [2.24, 2.45) is 0 Å². The Morgan fingerprint density at radius 2 is 1.83 bits per heavy atom. The van der Waals surface area contributed by atoms with Gasteiger partial charge >= 0.3 is 0 Å². The van der Waals surface area contributed by atoms with Crippen LogP contribution in [0.25, 0.3) is 0 Å². The quantitative estimate of drug-likeness (QED) is 0.668. The van der Waals surface area contributed by atoms with Gasteiger partial charge in [0.15, 0.2) is 0 Å². The van der Waals surface area contributed by atoms with Gasteiger partial charge in [-0.2, -0.15) is 0 Å². The molecule has 0 aliphatic rings. The molecule has 1 N–H and O–H groups in total. The number of nitrogens with one attached hydrogen (secondary N) is 1. The summed E-state index contributed by atoms with van der Waals surface area (Å²) in [5, 5.41) is 3.76. The van der Waals surface area contributed by atoms with Gasteiger partial charge in [-0.3, -0.25) is 4.79 Å². The van der Waals surface area contributed by atoms with Gasteiger partial charge in [-0.05, 0) is 62.6 Å². The fourth-order valence-corrected chi connectivity index (χ4v) is 3.70. The van der Waals surface area contributed by atoms with Gasteiger partial charge in [0.25, 0.3) is 0 Å². The molecule has 0 aliphatic carbocycles. The van der Waals surface area contributed by atoms with E-state index in [2.05, 4.69) is 37.4 Å². The van der Waals surface area contributed by atoms with Gasteiger partial charge in [0.1, 0.15) is 0 Å². The van der Waals surface area contributed by atoms with E-state index >= 15 is 0 Å². The van der Waals surface area contributed by atoms with Crippen LogP contribution < -0.4 is 5.32 Å². The minimum absolute atomic E-state index is 0.00253. The molecule has 0 unspecified atom stereocenters. The first-order chi connectivity index (χ1) is 11.4. The lowest BCUT2D eigenvalue weighted by Crippen LogP contribution is -2.34. The molecule has 0 aliphatic heterocycles. The number of hydrogen-bond donors (Lipinski definition) is 1. The van der Waals surface area contributed by atoms with Crippen molar-refractivity contribution >= 4 is 29.3 Å². The molecule has 2 aromatic carbocycles. The Labute approximate surface area is 154 Å². The molecule has 2 rings (SSSR count). The molecule has 24 heavy (non-hydrogen) atoms. The molecular weight excluding hydrogens is 338 g/mol. The summed E-state index contributed by atoms with van der Waals surface area (Å²) >= 11 is 7.50. The van der Waals surface area contributed by atoms with Crippen LogP contribution in [0, 0.1) is 13.8 Å². The van der Waals surface area contributed by atoms with Crippen molar-refractivity contribution in [2.45, 2.75) is 50.3 Å². The third-order valence-corrected chi connectivity index (χ3v) is 5.64. The van der Waals surface area contributed by atoms with E-state index in [1.807, 2.05) is 38.1 Å². The lowest BCUT2D eigenvalue weighted by Gasteiger charge is -2.21. The van der Waals surface area contributed by atoms with Crippen molar-refractivity contribution in [3.8, 4) is 0 Å². The molecule has 0 saturated heterocycles. The first-order valence-electron chi connectivity index (χ1n) is 8.20. The maximum Gasteiger partial charge on any atom is 0.233 e. The van der Waals surface area contributed by atoms with Crippen LogP contribution in [0.2, 0.25) is 5.02 Å². The van der Waals surface area contributed by atoms with E-state index < -0.39 is 0 Å². The smallest absolute Gasteiger partial charge is 0.233 e. The van der Waals surface area contributed by atoms with Crippen molar-refractivity contribution in [3.63, 3.8) is 0 Å². The van der Waals surface area contributed by atoms with Gasteiger partial charge in [0, 0.05) is 9.92 Å². The third-order valence-electron chi connectivity index (χ3n) is 4.02. The zero-order valence-electron chi connectivity index (χ0n) is 14.6. The van der Waals surface area contributed by atoms with Crippen LogP contribution in [-0.2, 0) is 4.79 Å². The summed E-state index contributed by atoms with van der Waals surface area (Å²) in [6.45, 7) is 8.23. The highest BCUT2D eigenvalue weighted by Crippen LogP contribution is 2.28. The Hall–Kier alpha value is -1.45. The number of halogens is 1. The molecule has 0 fully saturated rings. The van der Waals surface area contributed by atoms with Gasteiger partial charge < -0.3 is 5.32 Å². The number of carbonyl (C=O) groups excluding carboxylic acids is 1. The van der Waals surface area contributed by atoms with E-state index in [1.54, 1.807) is 11.8 Å². The van der Waals surface area contributed by atoms with E-state index in [4.69, 9.17) is 11.6 Å². The van der Waals surface area contributed by atoms with Gasteiger partial charge in [0.05, 0.1) is 11.3 Å². The summed E-state index contributed by atoms with van der Waals surface area (Å²) in [7, 11) is 0. The second kappa shape index (κ2) is 8.59. The lowest BCUT2D eigenvalue weighted by atomic mass is 10.00. The van der Waals surface area contributed by atoms with Crippen LogP contribution in [0.4, 0.5) is 0 Å². The van der Waals surface area contributed by atoms with Crippen LogP contribution in [0.1, 0.15) is 43.0 Å². The molecule has 0 spiro atoms. The molecule has 0 heterocycles. The highest BCUT2D eigenvalue weighted by atomic mass is 35.5. The van der Waals surface area contributed by atoms with Gasteiger partial charge in [-0.15, -0.1) is 11.8 Å². The van der Waals surface area contributed by atoms with Crippen molar-refractivity contribution in [2.75, 3.05) is 0 Å². The number of amides is 1. The van der Waals surface area contributed by atoms with Crippen molar-refractivity contribution in [3.05, 3.63) is 64.2 Å². The highest BCUT2D eigenvalue weighted by molar-refractivity contribution is 8.00. The third kappa shape index (κ3) is 5.02. The maximum atomic E-state index is 12.7. The zero-order chi connectivity index (χ0) is 17.7. The summed E-state index contributed by atoms with van der Waals surface area (Å²) in [5.41, 5.74) is 3.58. The number of carbonyl (C=O) groups is 1. The predicted molar refractivity (Wildman–Crippen MR) is 104 cm³/mol. The summed E-state index contributed by atoms with van der Waals surface area (Å²) < 4.78 is 0. The monoisotopic (exact) mass is 361 g/mol. The second-order valence-corrected chi connectivity index (χ2v) is 7.77. The van der Waals surface area contributed by atoms with Crippen LogP contribution in [0.15, 0.2) is 47.4 Å². The molecule has 2 atom stereocenters. The van der Waals surface area contributed by atoms with Crippen molar-refractivity contribution in [1.29, 1.82) is 0 Å². The molecule has 128 valence electrons. The van der Waals surface area contributed by atoms with Gasteiger partial charge in [-0.25, -0.2) is 0 Å². The van der Waals surface area contributed by atoms with E-state index in [1.165, 1.54) is 16.7 Å². The summed E-state index contributed by atoms with van der Waals surface area (Å²) in [6.07, 6.45) is 0.776. The van der Waals surface area contributed by atoms with Crippen molar-refractivity contribution < 1.29 is 4.79 Å². The lowest BCUT2D eigenvalue weighted by molar-refractivity contribution is -0.121. The Balaban J connectivity index is 2.05. The number of aryl methyl sites for hydroxylation is 2. The molecule has 0 aromatic heterocycles. The van der Waals surface area contributed by atoms with Gasteiger partial charge in [-0.1, -0.05) is 42.3 Å². The molecule has 0 bridgehead atoms. The van der Waals surface area contributed by atoms with Crippen LogP contribution in [-0.4, -0.2) is 11.2 Å². The standard InChI is InChI=1S/C20H24ClNOS/c1-5-19(24-17-10-8-16(21)9-11-17)20(23)22-15(4)18-12-13(2)6-7-14(18)3/h6-12,15,19H,5H2,1-4H3,(H,22,23)/t15-,19+/m1/s1. The Morgan fingerprint density at radius 1 is 1.17 bits per heavy atom. The fourth-order valence-electron chi connectivity index (χ4n) is 2.61. The molecule has 4 heteroatoms. The first kappa shape index (κ1) is 18.9. The summed E-state index contributed by atoms with van der Waals surface area (Å²) in [4.78, 5) is 13.7. The Bertz CT molecular complexity index is 699. The molecule has 2 nitrogen and oxygen atoms in total. The topological polar surface area (TPSA) is 29.1 Å². The molecule has 0 radical (unpaired) electrons. The molecule has 2 aromatic rings. The number of rotatable bonds is 6. The van der Waals surface area contributed by atoms with Crippen molar-refractivity contribution in [1.82, 2.24) is 5.32 Å². The first-order valence-corrected chi connectivity index (χ1v) is 9.46.